The molecule has 0 unspecified atom stereocenters. The monoisotopic (exact) mass is 426 g/mol. The highest BCUT2D eigenvalue weighted by Crippen LogP contribution is 2.26. The molecule has 0 bridgehead atoms. The Morgan fingerprint density at radius 2 is 1.76 bits per heavy atom. The van der Waals surface area contributed by atoms with E-state index in [0.29, 0.717) is 6.54 Å². The van der Waals surface area contributed by atoms with Gasteiger partial charge in [-0.3, -0.25) is 9.69 Å². The molecular weight excluding hydrogens is 402 g/mol. The number of aryl methyl sites for hydroxylation is 2. The Labute approximate surface area is 169 Å². The number of alkyl halides is 2. The SMILES string of the molecule is COc1c(C)cc(CN(C)CC(=O)Nc2ccccc2S(=O)(=O)C(F)F)cc1C. The van der Waals surface area contributed by atoms with Gasteiger partial charge in [-0.25, -0.2) is 8.42 Å². The number of amides is 1. The molecule has 0 saturated heterocycles. The van der Waals surface area contributed by atoms with Crippen molar-refractivity contribution in [2.75, 3.05) is 26.0 Å². The summed E-state index contributed by atoms with van der Waals surface area (Å²) in [5.41, 5.74) is 2.78. The summed E-state index contributed by atoms with van der Waals surface area (Å²) in [6.07, 6.45) is 0. The Morgan fingerprint density at radius 1 is 1.17 bits per heavy atom. The fourth-order valence-corrected chi connectivity index (χ4v) is 4.06. The average molecular weight is 426 g/mol. The van der Waals surface area contributed by atoms with Crippen LogP contribution in [-0.2, 0) is 21.2 Å². The summed E-state index contributed by atoms with van der Waals surface area (Å²) in [5.74, 6) is -3.26. The fourth-order valence-electron chi connectivity index (χ4n) is 3.17. The molecule has 29 heavy (non-hydrogen) atoms. The average Bonchev–Trinajstić information content (AvgIpc) is 2.61. The molecule has 0 radical (unpaired) electrons. The summed E-state index contributed by atoms with van der Waals surface area (Å²) >= 11 is 0. The number of carbonyl (C=O) groups is 1. The zero-order chi connectivity index (χ0) is 21.8. The second kappa shape index (κ2) is 9.32. The van der Waals surface area contributed by atoms with E-state index in [9.17, 15) is 22.0 Å². The van der Waals surface area contributed by atoms with Gasteiger partial charge in [0.05, 0.1) is 24.2 Å². The molecule has 0 aliphatic rings. The molecule has 0 heterocycles. The Hall–Kier alpha value is -2.52. The van der Waals surface area contributed by atoms with Crippen LogP contribution in [0.2, 0.25) is 0 Å². The number of benzene rings is 2. The highest BCUT2D eigenvalue weighted by Gasteiger charge is 2.29. The quantitative estimate of drug-likeness (QED) is 0.700. The number of hydrogen-bond donors (Lipinski definition) is 1. The van der Waals surface area contributed by atoms with Crippen LogP contribution < -0.4 is 10.1 Å². The van der Waals surface area contributed by atoms with Gasteiger partial charge in [-0.05, 0) is 49.7 Å². The minimum atomic E-state index is -4.82. The number of sulfone groups is 1. The lowest BCUT2D eigenvalue weighted by Crippen LogP contribution is -2.30. The van der Waals surface area contributed by atoms with E-state index in [4.69, 9.17) is 4.74 Å². The second-order valence-corrected chi connectivity index (χ2v) is 8.67. The molecule has 2 aromatic rings. The van der Waals surface area contributed by atoms with Crippen molar-refractivity contribution in [1.82, 2.24) is 4.90 Å². The van der Waals surface area contributed by atoms with E-state index < -0.39 is 26.4 Å². The van der Waals surface area contributed by atoms with Crippen molar-refractivity contribution in [3.8, 4) is 5.75 Å². The zero-order valence-electron chi connectivity index (χ0n) is 16.7. The lowest BCUT2D eigenvalue weighted by Gasteiger charge is -2.19. The number of nitrogens with zero attached hydrogens (tertiary/aromatic N) is 1. The number of ether oxygens (including phenoxy) is 1. The highest BCUT2D eigenvalue weighted by atomic mass is 32.2. The Morgan fingerprint density at radius 3 is 2.31 bits per heavy atom. The first-order chi connectivity index (χ1) is 13.6. The molecule has 0 spiro atoms. The Balaban J connectivity index is 2.09. The number of hydrogen-bond acceptors (Lipinski definition) is 5. The maximum absolute atomic E-state index is 12.9. The number of carbonyl (C=O) groups excluding carboxylic acids is 1. The first-order valence-electron chi connectivity index (χ1n) is 8.79. The molecule has 1 N–H and O–H groups in total. The van der Waals surface area contributed by atoms with Gasteiger partial charge >= 0.3 is 5.76 Å². The molecule has 0 aliphatic carbocycles. The minimum absolute atomic E-state index is 0.0484. The third kappa shape index (κ3) is 5.51. The molecule has 0 saturated carbocycles. The Bertz CT molecular complexity index is 971. The Kier molecular flexibility index (Phi) is 7.32. The van der Waals surface area contributed by atoms with Crippen molar-refractivity contribution >= 4 is 21.4 Å². The van der Waals surface area contributed by atoms with Gasteiger partial charge in [0.2, 0.25) is 15.7 Å². The van der Waals surface area contributed by atoms with Gasteiger partial charge in [-0.2, -0.15) is 8.78 Å². The molecule has 0 aromatic heterocycles. The van der Waals surface area contributed by atoms with Gasteiger partial charge in [0.15, 0.2) is 0 Å². The maximum Gasteiger partial charge on any atom is 0.341 e. The largest absolute Gasteiger partial charge is 0.496 e. The van der Waals surface area contributed by atoms with Gasteiger partial charge in [0.1, 0.15) is 5.75 Å². The van der Waals surface area contributed by atoms with Crippen molar-refractivity contribution in [2.24, 2.45) is 0 Å². The number of methoxy groups -OCH3 is 1. The summed E-state index contributed by atoms with van der Waals surface area (Å²) in [4.78, 5) is 13.5. The number of nitrogens with one attached hydrogen (secondary N) is 1. The van der Waals surface area contributed by atoms with Gasteiger partial charge in [-0.15, -0.1) is 0 Å². The standard InChI is InChI=1S/C20H24F2N2O4S/c1-13-9-15(10-14(2)19(13)28-4)11-24(3)12-18(25)23-16-7-5-6-8-17(16)29(26,27)20(21)22/h5-10,20H,11-12H2,1-4H3,(H,23,25). The van der Waals surface area contributed by atoms with E-state index in [2.05, 4.69) is 5.32 Å². The van der Waals surface area contributed by atoms with Crippen LogP contribution in [0, 0.1) is 13.8 Å². The predicted molar refractivity (Wildman–Crippen MR) is 107 cm³/mol. The molecule has 2 rings (SSSR count). The van der Waals surface area contributed by atoms with Gasteiger partial charge < -0.3 is 10.1 Å². The lowest BCUT2D eigenvalue weighted by atomic mass is 10.1. The molecule has 9 heteroatoms. The van der Waals surface area contributed by atoms with E-state index in [-0.39, 0.29) is 12.2 Å². The maximum atomic E-state index is 12.9. The first kappa shape index (κ1) is 22.8. The first-order valence-corrected chi connectivity index (χ1v) is 10.3. The molecular formula is C20H24F2N2O4S. The van der Waals surface area contributed by atoms with Gasteiger partial charge in [0, 0.05) is 6.54 Å². The molecule has 0 fully saturated rings. The third-order valence-corrected chi connectivity index (χ3v) is 5.73. The summed E-state index contributed by atoms with van der Waals surface area (Å²) in [6, 6.07) is 9.04. The summed E-state index contributed by atoms with van der Waals surface area (Å²) in [7, 11) is -1.48. The summed E-state index contributed by atoms with van der Waals surface area (Å²) in [5, 5.41) is 2.42. The van der Waals surface area contributed by atoms with Gasteiger partial charge in [0.25, 0.3) is 0 Å². The van der Waals surface area contributed by atoms with Crippen LogP contribution in [0.4, 0.5) is 14.5 Å². The van der Waals surface area contributed by atoms with Crippen LogP contribution in [0.1, 0.15) is 16.7 Å². The minimum Gasteiger partial charge on any atom is -0.496 e. The van der Waals surface area contributed by atoms with Crippen LogP contribution in [0.3, 0.4) is 0 Å². The lowest BCUT2D eigenvalue weighted by molar-refractivity contribution is -0.117. The number of para-hydroxylation sites is 1. The van der Waals surface area contributed by atoms with Crippen LogP contribution in [0.5, 0.6) is 5.75 Å². The van der Waals surface area contributed by atoms with E-state index >= 15 is 0 Å². The smallest absolute Gasteiger partial charge is 0.341 e. The second-order valence-electron chi connectivity index (χ2n) is 6.79. The fraction of sp³-hybridized carbons (Fsp3) is 0.350. The van der Waals surface area contributed by atoms with Crippen LogP contribution in [-0.4, -0.2) is 45.7 Å². The van der Waals surface area contributed by atoms with Crippen LogP contribution in [0.25, 0.3) is 0 Å². The molecule has 0 atom stereocenters. The summed E-state index contributed by atoms with van der Waals surface area (Å²) in [6.45, 7) is 4.29. The number of anilines is 1. The third-order valence-electron chi connectivity index (χ3n) is 4.29. The number of halogens is 2. The van der Waals surface area contributed by atoms with Crippen molar-refractivity contribution in [2.45, 2.75) is 31.0 Å². The van der Waals surface area contributed by atoms with Crippen LogP contribution >= 0.6 is 0 Å². The van der Waals surface area contributed by atoms with E-state index in [0.717, 1.165) is 28.5 Å². The van der Waals surface area contributed by atoms with Crippen LogP contribution in [0.15, 0.2) is 41.3 Å². The zero-order valence-corrected chi connectivity index (χ0v) is 17.5. The van der Waals surface area contributed by atoms with E-state index in [1.807, 2.05) is 26.0 Å². The van der Waals surface area contributed by atoms with Crippen molar-refractivity contribution < 1.29 is 26.7 Å². The van der Waals surface area contributed by atoms with Crippen molar-refractivity contribution in [1.29, 1.82) is 0 Å². The molecule has 1 amide bonds. The molecule has 6 nitrogen and oxygen atoms in total. The normalized spacial score (nSPS) is 11.7. The van der Waals surface area contributed by atoms with Crippen molar-refractivity contribution in [3.63, 3.8) is 0 Å². The van der Waals surface area contributed by atoms with E-state index in [1.165, 1.54) is 18.2 Å². The number of rotatable bonds is 8. The summed E-state index contributed by atoms with van der Waals surface area (Å²) < 4.78 is 54.7. The predicted octanol–water partition coefficient (Wildman–Crippen LogP) is 3.38. The topological polar surface area (TPSA) is 75.7 Å². The molecule has 0 aliphatic heterocycles. The molecule has 158 valence electrons. The van der Waals surface area contributed by atoms with Crippen molar-refractivity contribution in [3.05, 3.63) is 53.1 Å². The van der Waals surface area contributed by atoms with Gasteiger partial charge in [-0.1, -0.05) is 24.3 Å². The van der Waals surface area contributed by atoms with E-state index in [1.54, 1.807) is 19.1 Å². The molecule has 2 aromatic carbocycles. The highest BCUT2D eigenvalue weighted by molar-refractivity contribution is 7.91. The number of likely N-dealkylation sites (N-methyl/N-ethyl adjacent to an activating group) is 1.